The van der Waals surface area contributed by atoms with E-state index in [1.165, 1.54) is 0 Å². The lowest BCUT2D eigenvalue weighted by atomic mass is 10.2. The van der Waals surface area contributed by atoms with Crippen LogP contribution in [-0.2, 0) is 9.53 Å². The minimum Gasteiger partial charge on any atom is -0.497 e. The zero-order valence-corrected chi connectivity index (χ0v) is 9.55. The number of hydrogen-bond acceptors (Lipinski definition) is 4. The summed E-state index contributed by atoms with van der Waals surface area (Å²) in [5.74, 6) is 0.974. The van der Waals surface area contributed by atoms with E-state index in [0.717, 1.165) is 17.0 Å². The van der Waals surface area contributed by atoms with Crippen molar-refractivity contribution in [1.29, 1.82) is 0 Å². The van der Waals surface area contributed by atoms with Gasteiger partial charge >= 0.3 is 0 Å². The molecule has 0 aromatic heterocycles. The molecular weight excluding hydrogens is 218 g/mol. The molecular formula is C13H13NO3. The Kier molecular flexibility index (Phi) is 2.37. The largest absolute Gasteiger partial charge is 0.497 e. The summed E-state index contributed by atoms with van der Waals surface area (Å²) >= 11 is 0. The maximum Gasteiger partial charge on any atom is 0.176 e. The first-order valence-electron chi connectivity index (χ1n) is 5.53. The van der Waals surface area contributed by atoms with Crippen LogP contribution in [0.5, 0.6) is 5.75 Å². The third-order valence-electron chi connectivity index (χ3n) is 3.10. The molecule has 1 saturated heterocycles. The van der Waals surface area contributed by atoms with Crippen LogP contribution in [0, 0.1) is 0 Å². The molecule has 0 aliphatic carbocycles. The summed E-state index contributed by atoms with van der Waals surface area (Å²) in [4.78, 5) is 13.3. The topological polar surface area (TPSA) is 38.8 Å². The third-order valence-corrected chi connectivity index (χ3v) is 3.10. The van der Waals surface area contributed by atoms with E-state index in [-0.39, 0.29) is 12.0 Å². The number of carbonyl (C=O) groups excluding carboxylic acids is 1. The summed E-state index contributed by atoms with van der Waals surface area (Å²) in [7, 11) is 1.64. The van der Waals surface area contributed by atoms with E-state index in [0.29, 0.717) is 13.2 Å². The number of hydrogen-bond donors (Lipinski definition) is 0. The molecule has 0 N–H and O–H groups in total. The smallest absolute Gasteiger partial charge is 0.176 e. The van der Waals surface area contributed by atoms with Gasteiger partial charge < -0.3 is 14.4 Å². The normalized spacial score (nSPS) is 22.6. The van der Waals surface area contributed by atoms with Gasteiger partial charge in [0.15, 0.2) is 12.0 Å². The van der Waals surface area contributed by atoms with Crippen LogP contribution in [0.1, 0.15) is 11.8 Å². The van der Waals surface area contributed by atoms with Gasteiger partial charge in [0.25, 0.3) is 0 Å². The minimum atomic E-state index is -0.140. The Balaban J connectivity index is 1.85. The third kappa shape index (κ3) is 1.70. The van der Waals surface area contributed by atoms with Crippen molar-refractivity contribution in [2.75, 3.05) is 20.3 Å². The molecule has 0 saturated carbocycles. The molecule has 2 aliphatic rings. The molecule has 2 aliphatic heterocycles. The average Bonchev–Trinajstić information content (AvgIpc) is 2.88. The number of nitrogens with zero attached hydrogens (tertiary/aromatic N) is 1. The average molecular weight is 231 g/mol. The number of carbonyl (C=O) groups is 1. The van der Waals surface area contributed by atoms with Crippen LogP contribution in [0.15, 0.2) is 36.0 Å². The second-order valence-corrected chi connectivity index (χ2v) is 4.17. The van der Waals surface area contributed by atoms with E-state index >= 15 is 0 Å². The van der Waals surface area contributed by atoms with Gasteiger partial charge in [-0.25, -0.2) is 0 Å². The second kappa shape index (κ2) is 3.89. The molecule has 1 fully saturated rings. The number of ether oxygens (including phenoxy) is 2. The first kappa shape index (κ1) is 10.4. The lowest BCUT2D eigenvalue weighted by Crippen LogP contribution is -2.22. The lowest BCUT2D eigenvalue weighted by Gasteiger charge is -2.21. The zero-order chi connectivity index (χ0) is 11.8. The van der Waals surface area contributed by atoms with Gasteiger partial charge in [-0.3, -0.25) is 4.79 Å². The lowest BCUT2D eigenvalue weighted by molar-refractivity contribution is -0.115. The molecule has 1 atom stereocenters. The summed E-state index contributed by atoms with van der Waals surface area (Å²) in [6.45, 7) is 0.939. The maximum atomic E-state index is 11.3. The van der Waals surface area contributed by atoms with Crippen molar-refractivity contribution in [1.82, 2.24) is 4.90 Å². The molecule has 17 heavy (non-hydrogen) atoms. The molecule has 88 valence electrons. The molecule has 1 aromatic rings. The summed E-state index contributed by atoms with van der Waals surface area (Å²) in [6, 6.07) is 7.74. The van der Waals surface area contributed by atoms with E-state index in [4.69, 9.17) is 9.47 Å². The van der Waals surface area contributed by atoms with Gasteiger partial charge in [-0.1, -0.05) is 12.1 Å². The summed E-state index contributed by atoms with van der Waals surface area (Å²) in [5, 5.41) is 0. The van der Waals surface area contributed by atoms with Crippen LogP contribution in [0.2, 0.25) is 0 Å². The predicted octanol–water partition coefficient (Wildman–Crippen LogP) is 1.49. The van der Waals surface area contributed by atoms with E-state index in [2.05, 4.69) is 0 Å². The predicted molar refractivity (Wildman–Crippen MR) is 61.5 cm³/mol. The number of methoxy groups -OCH3 is 1. The Bertz CT molecular complexity index is 478. The highest BCUT2D eigenvalue weighted by molar-refractivity contribution is 5.94. The number of fused-ring (bicyclic) bond motifs is 1. The van der Waals surface area contributed by atoms with Crippen LogP contribution < -0.4 is 4.74 Å². The Labute approximate surface area is 99.4 Å². The number of rotatable bonds is 2. The second-order valence-electron chi connectivity index (χ2n) is 4.17. The van der Waals surface area contributed by atoms with Crippen molar-refractivity contribution < 1.29 is 14.3 Å². The molecule has 0 radical (unpaired) electrons. The standard InChI is InChI=1S/C13H13NO3/c1-16-12-4-2-9(3-5-12)13-14-7-11(15)6-10(14)8-17-13/h2-6,13H,7-8H2,1H3. The minimum absolute atomic E-state index is 0.140. The highest BCUT2D eigenvalue weighted by atomic mass is 16.5. The molecule has 0 bridgehead atoms. The van der Waals surface area contributed by atoms with Gasteiger partial charge in [-0.15, -0.1) is 0 Å². The molecule has 1 unspecified atom stereocenters. The van der Waals surface area contributed by atoms with Crippen LogP contribution in [0.3, 0.4) is 0 Å². The van der Waals surface area contributed by atoms with Crippen LogP contribution in [0.25, 0.3) is 0 Å². The van der Waals surface area contributed by atoms with Crippen LogP contribution >= 0.6 is 0 Å². The first-order valence-corrected chi connectivity index (χ1v) is 5.53. The molecule has 3 rings (SSSR count). The first-order chi connectivity index (χ1) is 8.28. The summed E-state index contributed by atoms with van der Waals surface area (Å²) in [5.41, 5.74) is 2.03. The van der Waals surface area contributed by atoms with Crippen molar-refractivity contribution in [2.24, 2.45) is 0 Å². The molecule has 0 amide bonds. The fourth-order valence-electron chi connectivity index (χ4n) is 2.24. The Hall–Kier alpha value is -1.81. The fourth-order valence-corrected chi connectivity index (χ4v) is 2.24. The quantitative estimate of drug-likeness (QED) is 0.773. The van der Waals surface area contributed by atoms with Gasteiger partial charge in [0.1, 0.15) is 5.75 Å². The SMILES string of the molecule is COc1ccc(C2OCC3=CC(=O)CN32)cc1. The Morgan fingerprint density at radius 1 is 1.35 bits per heavy atom. The van der Waals surface area contributed by atoms with E-state index < -0.39 is 0 Å². The number of benzene rings is 1. The molecule has 0 spiro atoms. The fraction of sp³-hybridized carbons (Fsp3) is 0.308. The highest BCUT2D eigenvalue weighted by Crippen LogP contribution is 2.35. The van der Waals surface area contributed by atoms with E-state index in [9.17, 15) is 4.79 Å². The van der Waals surface area contributed by atoms with Gasteiger partial charge in [0.05, 0.1) is 20.3 Å². The molecule has 4 nitrogen and oxygen atoms in total. The Morgan fingerprint density at radius 2 is 2.12 bits per heavy atom. The van der Waals surface area contributed by atoms with Crippen molar-refractivity contribution in [3.63, 3.8) is 0 Å². The van der Waals surface area contributed by atoms with Crippen molar-refractivity contribution in [3.8, 4) is 5.75 Å². The molecule has 2 heterocycles. The summed E-state index contributed by atoms with van der Waals surface area (Å²) in [6.07, 6.45) is 1.53. The van der Waals surface area contributed by atoms with Crippen molar-refractivity contribution in [3.05, 3.63) is 41.6 Å². The zero-order valence-electron chi connectivity index (χ0n) is 9.55. The maximum absolute atomic E-state index is 11.3. The van der Waals surface area contributed by atoms with E-state index in [1.54, 1.807) is 13.2 Å². The highest BCUT2D eigenvalue weighted by Gasteiger charge is 2.35. The summed E-state index contributed by atoms with van der Waals surface area (Å²) < 4.78 is 10.8. The van der Waals surface area contributed by atoms with Gasteiger partial charge in [0, 0.05) is 17.3 Å². The Morgan fingerprint density at radius 3 is 2.82 bits per heavy atom. The van der Waals surface area contributed by atoms with Gasteiger partial charge in [-0.2, -0.15) is 0 Å². The van der Waals surface area contributed by atoms with Gasteiger partial charge in [-0.05, 0) is 12.1 Å². The van der Waals surface area contributed by atoms with E-state index in [1.807, 2.05) is 29.2 Å². The van der Waals surface area contributed by atoms with Crippen molar-refractivity contribution >= 4 is 5.78 Å². The molecule has 4 heteroatoms. The van der Waals surface area contributed by atoms with Crippen LogP contribution in [-0.4, -0.2) is 30.9 Å². The number of ketones is 1. The van der Waals surface area contributed by atoms with Crippen LogP contribution in [0.4, 0.5) is 0 Å². The molecule has 1 aromatic carbocycles. The monoisotopic (exact) mass is 231 g/mol. The van der Waals surface area contributed by atoms with Gasteiger partial charge in [0.2, 0.25) is 0 Å². The van der Waals surface area contributed by atoms with Crippen molar-refractivity contribution in [2.45, 2.75) is 6.23 Å².